The lowest BCUT2D eigenvalue weighted by Crippen LogP contribution is -2.23. The molecule has 0 aromatic heterocycles. The van der Waals surface area contributed by atoms with Crippen LogP contribution < -0.4 is 10.6 Å². The van der Waals surface area contributed by atoms with Gasteiger partial charge in [-0.05, 0) is 24.6 Å². The number of carbonyl (C=O) groups excluding carboxylic acids is 1. The van der Waals surface area contributed by atoms with Crippen molar-refractivity contribution < 1.29 is 4.79 Å². The van der Waals surface area contributed by atoms with E-state index in [1.54, 1.807) is 36.4 Å². The zero-order chi connectivity index (χ0) is 17.4. The Labute approximate surface area is 140 Å². The first-order valence-electron chi connectivity index (χ1n) is 7.33. The second-order valence-electron chi connectivity index (χ2n) is 5.14. The summed E-state index contributed by atoms with van der Waals surface area (Å²) in [6, 6.07) is 18.3. The summed E-state index contributed by atoms with van der Waals surface area (Å²) in [6.45, 7) is 2.42. The standard InChI is InChI=1S/C19H16N4O/c1-14-5-4-6-15(9-14)12-23-19(24)17-7-2-3-8-18(17)22-13-16(10-20)11-21/h2-9,13,22H,12H2,1H3,(H,23,24). The number of para-hydroxylation sites is 1. The fourth-order valence-corrected chi connectivity index (χ4v) is 2.15. The highest BCUT2D eigenvalue weighted by atomic mass is 16.1. The molecule has 118 valence electrons. The second-order valence-corrected chi connectivity index (χ2v) is 5.14. The lowest BCUT2D eigenvalue weighted by Gasteiger charge is -2.10. The highest BCUT2D eigenvalue weighted by molar-refractivity contribution is 5.99. The summed E-state index contributed by atoms with van der Waals surface area (Å²) < 4.78 is 0. The van der Waals surface area contributed by atoms with E-state index in [9.17, 15) is 4.79 Å². The summed E-state index contributed by atoms with van der Waals surface area (Å²) in [5.41, 5.74) is 3.06. The Morgan fingerprint density at radius 2 is 1.88 bits per heavy atom. The van der Waals surface area contributed by atoms with Gasteiger partial charge in [-0.25, -0.2) is 0 Å². The fraction of sp³-hybridized carbons (Fsp3) is 0.105. The largest absolute Gasteiger partial charge is 0.359 e. The van der Waals surface area contributed by atoms with Crippen molar-refractivity contribution in [3.8, 4) is 12.1 Å². The molecule has 5 heteroatoms. The summed E-state index contributed by atoms with van der Waals surface area (Å²) in [7, 11) is 0. The van der Waals surface area contributed by atoms with E-state index in [4.69, 9.17) is 10.5 Å². The molecule has 24 heavy (non-hydrogen) atoms. The van der Waals surface area contributed by atoms with E-state index in [2.05, 4.69) is 10.6 Å². The van der Waals surface area contributed by atoms with Gasteiger partial charge in [-0.3, -0.25) is 4.79 Å². The smallest absolute Gasteiger partial charge is 0.253 e. The highest BCUT2D eigenvalue weighted by Gasteiger charge is 2.10. The Hall–Kier alpha value is -3.57. The molecule has 0 spiro atoms. The maximum Gasteiger partial charge on any atom is 0.253 e. The minimum atomic E-state index is -0.233. The molecule has 0 saturated heterocycles. The third-order valence-corrected chi connectivity index (χ3v) is 3.32. The van der Waals surface area contributed by atoms with E-state index in [0.29, 0.717) is 17.8 Å². The van der Waals surface area contributed by atoms with E-state index in [-0.39, 0.29) is 11.5 Å². The summed E-state index contributed by atoms with van der Waals surface area (Å²) >= 11 is 0. The lowest BCUT2D eigenvalue weighted by atomic mass is 10.1. The van der Waals surface area contributed by atoms with Crippen molar-refractivity contribution in [1.82, 2.24) is 5.32 Å². The number of anilines is 1. The average Bonchev–Trinajstić information content (AvgIpc) is 2.61. The number of amides is 1. The summed E-state index contributed by atoms with van der Waals surface area (Å²) in [5.74, 6) is -0.233. The molecular weight excluding hydrogens is 300 g/mol. The van der Waals surface area contributed by atoms with Gasteiger partial charge in [0.25, 0.3) is 5.91 Å². The van der Waals surface area contributed by atoms with Crippen LogP contribution in [0.4, 0.5) is 5.69 Å². The van der Waals surface area contributed by atoms with Crippen LogP contribution in [-0.2, 0) is 6.54 Å². The molecule has 5 nitrogen and oxygen atoms in total. The number of carbonyl (C=O) groups is 1. The van der Waals surface area contributed by atoms with Gasteiger partial charge in [-0.1, -0.05) is 42.0 Å². The van der Waals surface area contributed by atoms with Crippen molar-refractivity contribution in [2.45, 2.75) is 13.5 Å². The van der Waals surface area contributed by atoms with Gasteiger partial charge in [0.15, 0.2) is 0 Å². The van der Waals surface area contributed by atoms with Gasteiger partial charge in [-0.15, -0.1) is 0 Å². The third kappa shape index (κ3) is 4.46. The third-order valence-electron chi connectivity index (χ3n) is 3.32. The van der Waals surface area contributed by atoms with Crippen LogP contribution in [0.3, 0.4) is 0 Å². The van der Waals surface area contributed by atoms with Crippen LogP contribution in [0, 0.1) is 29.6 Å². The number of nitrogens with one attached hydrogen (secondary N) is 2. The molecule has 2 rings (SSSR count). The molecule has 0 aliphatic heterocycles. The van der Waals surface area contributed by atoms with Gasteiger partial charge in [0.2, 0.25) is 0 Å². The minimum absolute atomic E-state index is 0.0648. The Morgan fingerprint density at radius 1 is 1.12 bits per heavy atom. The van der Waals surface area contributed by atoms with Crippen LogP contribution in [0.1, 0.15) is 21.5 Å². The predicted molar refractivity (Wildman–Crippen MR) is 91.7 cm³/mol. The number of benzene rings is 2. The van der Waals surface area contributed by atoms with Crippen LogP contribution in [0.2, 0.25) is 0 Å². The molecular formula is C19H16N4O. The number of rotatable bonds is 5. The molecule has 0 fully saturated rings. The topological polar surface area (TPSA) is 88.7 Å². The number of allylic oxidation sites excluding steroid dienone is 1. The quantitative estimate of drug-likeness (QED) is 0.829. The van der Waals surface area contributed by atoms with E-state index in [1.165, 1.54) is 6.20 Å². The van der Waals surface area contributed by atoms with Crippen molar-refractivity contribution in [3.63, 3.8) is 0 Å². The van der Waals surface area contributed by atoms with E-state index in [1.807, 2.05) is 31.2 Å². The molecule has 0 saturated carbocycles. The van der Waals surface area contributed by atoms with Crippen molar-refractivity contribution in [2.24, 2.45) is 0 Å². The van der Waals surface area contributed by atoms with E-state index >= 15 is 0 Å². The number of hydrogen-bond donors (Lipinski definition) is 2. The zero-order valence-electron chi connectivity index (χ0n) is 13.2. The molecule has 2 aromatic carbocycles. The van der Waals surface area contributed by atoms with Gasteiger partial charge in [0, 0.05) is 12.7 Å². The molecule has 0 atom stereocenters. The number of nitrogens with zero attached hydrogens (tertiary/aromatic N) is 2. The maximum absolute atomic E-state index is 12.4. The molecule has 0 bridgehead atoms. The average molecular weight is 316 g/mol. The monoisotopic (exact) mass is 316 g/mol. The van der Waals surface area contributed by atoms with Gasteiger partial charge < -0.3 is 10.6 Å². The molecule has 0 heterocycles. The first-order valence-corrected chi connectivity index (χ1v) is 7.33. The van der Waals surface area contributed by atoms with Crippen LogP contribution in [-0.4, -0.2) is 5.91 Å². The van der Waals surface area contributed by atoms with Crippen LogP contribution in [0.5, 0.6) is 0 Å². The SMILES string of the molecule is Cc1cccc(CNC(=O)c2ccccc2NC=C(C#N)C#N)c1. The van der Waals surface area contributed by atoms with E-state index in [0.717, 1.165) is 11.1 Å². The van der Waals surface area contributed by atoms with Gasteiger partial charge >= 0.3 is 0 Å². The number of aryl methyl sites for hydroxylation is 1. The van der Waals surface area contributed by atoms with Crippen molar-refractivity contribution >= 4 is 11.6 Å². The molecule has 0 aliphatic carbocycles. The number of hydrogen-bond acceptors (Lipinski definition) is 4. The van der Waals surface area contributed by atoms with Crippen LogP contribution >= 0.6 is 0 Å². The van der Waals surface area contributed by atoms with Crippen molar-refractivity contribution in [3.05, 3.63) is 77.0 Å². The first kappa shape index (κ1) is 16.8. The van der Waals surface area contributed by atoms with Crippen molar-refractivity contribution in [1.29, 1.82) is 10.5 Å². The first-order chi connectivity index (χ1) is 11.6. The van der Waals surface area contributed by atoms with Gasteiger partial charge in [0.1, 0.15) is 17.7 Å². The van der Waals surface area contributed by atoms with Gasteiger partial charge in [-0.2, -0.15) is 10.5 Å². The lowest BCUT2D eigenvalue weighted by molar-refractivity contribution is 0.0951. The predicted octanol–water partition coefficient (Wildman–Crippen LogP) is 3.27. The summed E-state index contributed by atoms with van der Waals surface area (Å²) in [6.07, 6.45) is 1.28. The van der Waals surface area contributed by atoms with Gasteiger partial charge in [0.05, 0.1) is 11.3 Å². The molecule has 2 aromatic rings. The Kier molecular flexibility index (Phi) is 5.71. The summed E-state index contributed by atoms with van der Waals surface area (Å²) in [5, 5.41) is 23.2. The molecule has 2 N–H and O–H groups in total. The zero-order valence-corrected chi connectivity index (χ0v) is 13.2. The van der Waals surface area contributed by atoms with Crippen molar-refractivity contribution in [2.75, 3.05) is 5.32 Å². The fourth-order valence-electron chi connectivity index (χ4n) is 2.15. The minimum Gasteiger partial charge on any atom is -0.359 e. The molecule has 0 radical (unpaired) electrons. The Bertz CT molecular complexity index is 840. The molecule has 0 aliphatic rings. The second kappa shape index (κ2) is 8.17. The Balaban J connectivity index is 2.11. The normalized spacial score (nSPS) is 9.29. The van der Waals surface area contributed by atoms with E-state index < -0.39 is 0 Å². The Morgan fingerprint density at radius 3 is 2.58 bits per heavy atom. The summed E-state index contributed by atoms with van der Waals surface area (Å²) in [4.78, 5) is 12.4. The highest BCUT2D eigenvalue weighted by Crippen LogP contribution is 2.15. The molecule has 1 amide bonds. The number of nitriles is 2. The van der Waals surface area contributed by atoms with Crippen LogP contribution in [0.15, 0.2) is 60.3 Å². The van der Waals surface area contributed by atoms with Crippen LogP contribution in [0.25, 0.3) is 0 Å². The molecule has 0 unspecified atom stereocenters. The maximum atomic E-state index is 12.4.